The number of carbonyl (C=O) groups is 3. The molecule has 0 radical (unpaired) electrons. The monoisotopic (exact) mass is 1590 g/mol. The fraction of sp³-hybridized carbons (Fsp3) is 0.583. The molecule has 4 aromatic carbocycles. The van der Waals surface area contributed by atoms with E-state index in [-0.39, 0.29) is 61.6 Å². The smallest absolute Gasteiger partial charge is 0.409 e. The number of carboxylic acid groups (broad SMARTS) is 1. The minimum atomic E-state index is -1.75. The van der Waals surface area contributed by atoms with Crippen LogP contribution in [0.1, 0.15) is 110 Å². The average Bonchev–Trinajstić information content (AvgIpc) is 1.61. The first-order valence-electron chi connectivity index (χ1n) is 40.0. The predicted molar refractivity (Wildman–Crippen MR) is 416 cm³/mol. The number of nitrogens with one attached hydrogen (secondary N) is 1. The van der Waals surface area contributed by atoms with E-state index in [2.05, 4.69) is 47.2 Å². The third-order valence-corrected chi connectivity index (χ3v) is 23.5. The Morgan fingerprint density at radius 2 is 1.04 bits per heavy atom. The lowest BCUT2D eigenvalue weighted by Crippen LogP contribution is -2.54. The highest BCUT2D eigenvalue weighted by molar-refractivity contribution is 5.80. The van der Waals surface area contributed by atoms with Crippen LogP contribution in [0, 0.1) is 59.0 Å². The number of hydrogen-bond donors (Lipinski definition) is 12. The van der Waals surface area contributed by atoms with Crippen LogP contribution in [0.25, 0.3) is 11.1 Å². The molecule has 6 fully saturated rings. The number of aliphatic carboxylic acids is 1. The summed E-state index contributed by atoms with van der Waals surface area (Å²) in [6.07, 6.45) is 4.19. The molecule has 28 nitrogen and oxygen atoms in total. The van der Waals surface area contributed by atoms with Crippen LogP contribution in [0.3, 0.4) is 0 Å². The van der Waals surface area contributed by atoms with E-state index in [1.807, 2.05) is 61.2 Å². The second-order valence-corrected chi connectivity index (χ2v) is 31.6. The minimum Gasteiger partial charge on any atom is -0.493 e. The van der Waals surface area contributed by atoms with Crippen molar-refractivity contribution in [2.45, 2.75) is 151 Å². The van der Waals surface area contributed by atoms with Gasteiger partial charge in [-0.1, -0.05) is 67.1 Å². The Bertz CT molecular complexity index is 3960. The lowest BCUT2D eigenvalue weighted by atomic mass is 9.90. The van der Waals surface area contributed by atoms with Gasteiger partial charge in [0.05, 0.1) is 65.1 Å². The van der Waals surface area contributed by atoms with Gasteiger partial charge < -0.3 is 105 Å². The van der Waals surface area contributed by atoms with Crippen molar-refractivity contribution in [1.82, 2.24) is 35.1 Å². The van der Waals surface area contributed by atoms with E-state index in [1.165, 1.54) is 35.9 Å². The number of amides is 2. The van der Waals surface area contributed by atoms with Gasteiger partial charge in [-0.25, -0.2) is 33.5 Å². The van der Waals surface area contributed by atoms with E-state index in [9.17, 15) is 64.0 Å². The fourth-order valence-corrected chi connectivity index (χ4v) is 16.4. The molecule has 0 bridgehead atoms. The number of carboxylic acids is 1. The van der Waals surface area contributed by atoms with Crippen molar-refractivity contribution >= 4 is 29.9 Å². The van der Waals surface area contributed by atoms with Crippen LogP contribution < -0.4 is 24.6 Å². The molecule has 3 aliphatic carbocycles. The van der Waals surface area contributed by atoms with Crippen LogP contribution in [-0.4, -0.2) is 265 Å². The molecule has 6 aromatic rings. The van der Waals surface area contributed by atoms with Crippen LogP contribution in [0.5, 0.6) is 11.5 Å². The number of rotatable bonds is 38. The number of hydrogen-bond acceptors (Lipinski definition) is 25. The van der Waals surface area contributed by atoms with Crippen molar-refractivity contribution in [3.8, 4) is 22.6 Å². The number of methoxy groups -OCH3 is 2. The molecule has 12 N–H and O–H groups in total. The van der Waals surface area contributed by atoms with Gasteiger partial charge in [0.2, 0.25) is 17.8 Å². The maximum absolute atomic E-state index is 14.9. The summed E-state index contributed by atoms with van der Waals surface area (Å²) in [5.74, 6) is 4.87. The molecule has 2 aromatic heterocycles. The number of likely N-dealkylation sites (tertiary alicyclic amines) is 1. The van der Waals surface area contributed by atoms with E-state index in [4.69, 9.17) is 39.0 Å². The summed E-state index contributed by atoms with van der Waals surface area (Å²) in [4.78, 5) is 62.0. The fourth-order valence-electron chi connectivity index (χ4n) is 16.4. The van der Waals surface area contributed by atoms with Crippen molar-refractivity contribution in [3.63, 3.8) is 0 Å². The number of fused-ring (bicyclic) bond motifs is 3. The first-order valence-corrected chi connectivity index (χ1v) is 40.0. The van der Waals surface area contributed by atoms with Gasteiger partial charge in [-0.05, 0) is 151 Å². The van der Waals surface area contributed by atoms with E-state index >= 15 is 0 Å². The maximum atomic E-state index is 14.9. The van der Waals surface area contributed by atoms with Gasteiger partial charge in [0.15, 0.2) is 0 Å². The molecule has 4 saturated heterocycles. The molecule has 2 amide bonds. The van der Waals surface area contributed by atoms with Crippen LogP contribution in [0.2, 0.25) is 0 Å². The zero-order valence-electron chi connectivity index (χ0n) is 64.9. The van der Waals surface area contributed by atoms with Crippen molar-refractivity contribution < 1.29 is 103 Å². The number of aromatic nitrogens is 4. The van der Waals surface area contributed by atoms with Crippen molar-refractivity contribution in [2.75, 3.05) is 123 Å². The maximum Gasteiger partial charge on any atom is 0.409 e. The summed E-state index contributed by atoms with van der Waals surface area (Å²) in [5.41, 5.74) is 6.86. The second-order valence-electron chi connectivity index (χ2n) is 31.6. The normalized spacial score (nSPS) is 21.0. The van der Waals surface area contributed by atoms with Crippen molar-refractivity contribution in [1.29, 1.82) is 0 Å². The lowest BCUT2D eigenvalue weighted by molar-refractivity contribution is -0.137. The van der Waals surface area contributed by atoms with E-state index < -0.39 is 85.7 Å². The first-order chi connectivity index (χ1) is 55.1. The number of aliphatic hydroxyl groups is 10. The molecule has 4 aliphatic heterocycles. The van der Waals surface area contributed by atoms with Gasteiger partial charge in [0.1, 0.15) is 72.5 Å². The number of piperidine rings is 2. The minimum absolute atomic E-state index is 0.0252. The topological polar surface area (TPSA) is 396 Å². The molecule has 0 spiro atoms. The molecule has 622 valence electrons. The number of carbonyl (C=O) groups excluding carboxylic acids is 2. The first kappa shape index (κ1) is 86.6. The lowest BCUT2D eigenvalue weighted by Gasteiger charge is -2.39. The molecular weight excluding hydrogens is 1480 g/mol. The molecule has 12 atom stereocenters. The Labute approximate surface area is 663 Å². The molecule has 114 heavy (non-hydrogen) atoms. The summed E-state index contributed by atoms with van der Waals surface area (Å²) >= 11 is 0. The Hall–Kier alpha value is -8.21. The Balaban J connectivity index is 0.000000173. The molecular formula is C84H113F2N9O19. The molecule has 2 saturated carbocycles. The van der Waals surface area contributed by atoms with Gasteiger partial charge in [0, 0.05) is 133 Å². The zero-order valence-corrected chi connectivity index (χ0v) is 64.9. The number of halogens is 2. The second kappa shape index (κ2) is 42.1. The zero-order chi connectivity index (χ0) is 81.0. The van der Waals surface area contributed by atoms with Gasteiger partial charge in [-0.15, -0.1) is 0 Å². The van der Waals surface area contributed by atoms with Crippen molar-refractivity contribution in [2.24, 2.45) is 47.3 Å². The number of ether oxygens (including phenoxy) is 5. The van der Waals surface area contributed by atoms with Crippen LogP contribution in [-0.2, 0) is 49.9 Å². The molecule has 30 heteroatoms. The Morgan fingerprint density at radius 1 is 0.579 bits per heavy atom. The van der Waals surface area contributed by atoms with Crippen LogP contribution >= 0.6 is 0 Å². The van der Waals surface area contributed by atoms with E-state index in [0.717, 1.165) is 141 Å². The number of benzene rings is 4. The highest BCUT2D eigenvalue weighted by Gasteiger charge is 2.45. The molecule has 7 aliphatic rings. The largest absolute Gasteiger partial charge is 0.493 e. The SMILES string of the molecule is COCc1cnc(N2CCC([C@H]3C[C@H]3CCOc3ccc(CC(=O)N4CC(CCC[C@H](O)[C@@H](O)[C@H](O)[C@H](O)CO)C4)c(F)c3)CC2)nc1.COCc1cnc(N2CCC([C@H]3C[C@H]3CCOc3ccc(CC(=O)O)c(F)c3)CC2)nc1.O=C(OCC1c2ccccc2-c2ccccc21)N(CC1CNC1)C[C@H](O)[C@@H](O)[C@H](O)[C@H](O)CO. The van der Waals surface area contributed by atoms with Gasteiger partial charge in [-0.2, -0.15) is 0 Å². The van der Waals surface area contributed by atoms with E-state index in [1.54, 1.807) is 37.3 Å². The molecule has 0 unspecified atom stereocenters. The summed E-state index contributed by atoms with van der Waals surface area (Å²) in [5, 5.41) is 109. The average molecular weight is 1590 g/mol. The Kier molecular flexibility index (Phi) is 32.0. The van der Waals surface area contributed by atoms with E-state index in [0.29, 0.717) is 93.7 Å². The quantitative estimate of drug-likeness (QED) is 0.0234. The van der Waals surface area contributed by atoms with Gasteiger partial charge in [-0.3, -0.25) is 9.59 Å². The summed E-state index contributed by atoms with van der Waals surface area (Å²) in [7, 11) is 3.32. The molecule has 6 heterocycles. The third-order valence-electron chi connectivity index (χ3n) is 23.5. The highest BCUT2D eigenvalue weighted by Crippen LogP contribution is 2.51. The highest BCUT2D eigenvalue weighted by atomic mass is 19.1. The molecule has 13 rings (SSSR count). The number of anilines is 2. The summed E-state index contributed by atoms with van der Waals surface area (Å²) in [6, 6.07) is 25.2. The predicted octanol–water partition coefficient (Wildman–Crippen LogP) is 5.29. The third kappa shape index (κ3) is 23.8. The van der Waals surface area contributed by atoms with Crippen LogP contribution in [0.15, 0.2) is 110 Å². The number of nitrogens with zero attached hydrogens (tertiary/aromatic N) is 8. The Morgan fingerprint density at radius 3 is 1.47 bits per heavy atom. The van der Waals surface area contributed by atoms with Crippen LogP contribution in [0.4, 0.5) is 25.5 Å². The van der Waals surface area contributed by atoms with Gasteiger partial charge in [0.25, 0.3) is 0 Å². The van der Waals surface area contributed by atoms with Gasteiger partial charge >= 0.3 is 12.1 Å². The van der Waals surface area contributed by atoms with Crippen molar-refractivity contribution in [3.05, 3.63) is 155 Å². The summed E-state index contributed by atoms with van der Waals surface area (Å²) in [6.45, 7) is 7.21. The standard InChI is InChI=1S/C35H51FN4O8.C25H32N2O7.C24H30FN3O4/c1-47-21-23-16-37-35(38-17-23)39-10-7-24(8-11-39)28-13-25(28)9-12-48-27-6-5-26(29(36)15-27)14-32(44)40-18-22(19-40)3-2-4-30(42)33(45)34(46)31(43)20-41;28-13-22(30)24(32)23(31)21(29)12-27(11-15-9-26-10-15)25(33)34-14-20-18-7-3-1-5-16(18)17-6-2-4-8-19(17)20;1-31-15-16-13-26-24(27-14-16)28-7-4-17(5-8-28)21-10-18(21)6-9-32-20-3-2-19(11-23(29)30)22(25)12-20/h5-6,15-17,22,24-25,28,30-31,33-34,41-43,45-46H,2-4,7-14,18-21H2,1H3;1-8,15,20-24,26,28-32H,9-14H2;2-3,12-14,17-18,21H,4-11,15H2,1H3,(H,29,30)/t25-,28-,30+,31-,33-,34-;21-,22+,23+,24+;18-,21-/m101/s1. The number of aliphatic hydroxyl groups excluding tert-OH is 10. The summed E-state index contributed by atoms with van der Waals surface area (Å²) < 4.78 is 56.4.